The van der Waals surface area contributed by atoms with Crippen LogP contribution in [-0.4, -0.2) is 30.7 Å². The third-order valence-electron chi connectivity index (χ3n) is 4.56. The van der Waals surface area contributed by atoms with Gasteiger partial charge in [-0.1, -0.05) is 48.0 Å². The molecule has 0 aliphatic heterocycles. The second kappa shape index (κ2) is 10.5. The van der Waals surface area contributed by atoms with Crippen molar-refractivity contribution in [2.75, 3.05) is 19.0 Å². The van der Waals surface area contributed by atoms with E-state index in [-0.39, 0.29) is 17.7 Å². The fourth-order valence-electron chi connectivity index (χ4n) is 2.95. The average Bonchev–Trinajstić information content (AvgIpc) is 2.77. The van der Waals surface area contributed by atoms with Gasteiger partial charge in [0.15, 0.2) is 0 Å². The minimum atomic E-state index is -0.553. The second-order valence-electron chi connectivity index (χ2n) is 6.78. The predicted molar refractivity (Wildman–Crippen MR) is 119 cm³/mol. The highest BCUT2D eigenvalue weighted by Crippen LogP contribution is 2.29. The minimum absolute atomic E-state index is 0.0288. The third kappa shape index (κ3) is 6.23. The van der Waals surface area contributed by atoms with Gasteiger partial charge in [0.2, 0.25) is 0 Å². The molecule has 7 heteroatoms. The summed E-state index contributed by atoms with van der Waals surface area (Å²) in [7, 11) is 1.31. The Hall–Kier alpha value is -3.51. The van der Waals surface area contributed by atoms with Crippen molar-refractivity contribution in [2.45, 2.75) is 12.8 Å². The zero-order chi connectivity index (χ0) is 22.2. The van der Waals surface area contributed by atoms with Crippen molar-refractivity contribution in [3.8, 4) is 11.5 Å². The van der Waals surface area contributed by atoms with Gasteiger partial charge in [-0.25, -0.2) is 0 Å². The Kier molecular flexibility index (Phi) is 7.51. The first kappa shape index (κ1) is 22.2. The Balaban J connectivity index is 1.81. The molecule has 160 valence electrons. The number of amides is 1. The number of hydrogen-bond donors (Lipinski definition) is 2. The molecule has 0 saturated carbocycles. The maximum atomic E-state index is 12.7. The van der Waals surface area contributed by atoms with Gasteiger partial charge >= 0.3 is 5.97 Å². The maximum absolute atomic E-state index is 12.7. The number of rotatable bonds is 8. The molecule has 0 spiro atoms. The first-order chi connectivity index (χ1) is 15.0. The van der Waals surface area contributed by atoms with E-state index in [1.165, 1.54) is 25.3 Å². The van der Waals surface area contributed by atoms with Crippen molar-refractivity contribution in [2.24, 2.45) is 0 Å². The van der Waals surface area contributed by atoms with Crippen LogP contribution in [0.1, 0.15) is 21.5 Å². The Morgan fingerprint density at radius 3 is 2.52 bits per heavy atom. The highest BCUT2D eigenvalue weighted by Gasteiger charge is 2.16. The maximum Gasteiger partial charge on any atom is 0.309 e. The number of aromatic hydroxyl groups is 1. The van der Waals surface area contributed by atoms with Crippen LogP contribution in [0, 0.1) is 0 Å². The number of anilines is 1. The Labute approximate surface area is 185 Å². The number of carbonyl (C=O) groups excluding carboxylic acids is 2. The van der Waals surface area contributed by atoms with Crippen molar-refractivity contribution < 1.29 is 24.2 Å². The van der Waals surface area contributed by atoms with Crippen LogP contribution >= 0.6 is 11.6 Å². The van der Waals surface area contributed by atoms with Crippen LogP contribution in [0.15, 0.2) is 66.7 Å². The molecule has 0 aliphatic rings. The molecule has 6 nitrogen and oxygen atoms in total. The fraction of sp³-hybridized carbons (Fsp3) is 0.167. The minimum Gasteiger partial charge on any atom is -0.507 e. The summed E-state index contributed by atoms with van der Waals surface area (Å²) in [4.78, 5) is 24.4. The van der Waals surface area contributed by atoms with Crippen molar-refractivity contribution >= 4 is 29.2 Å². The number of carbonyl (C=O) groups is 2. The van der Waals surface area contributed by atoms with E-state index in [0.29, 0.717) is 35.1 Å². The summed E-state index contributed by atoms with van der Waals surface area (Å²) in [5.41, 5.74) is 2.17. The van der Waals surface area contributed by atoms with Gasteiger partial charge in [-0.15, -0.1) is 0 Å². The smallest absolute Gasteiger partial charge is 0.309 e. The lowest BCUT2D eigenvalue weighted by Gasteiger charge is -2.15. The molecule has 0 fully saturated rings. The summed E-state index contributed by atoms with van der Waals surface area (Å²) in [6.07, 6.45) is 0.735. The zero-order valence-corrected chi connectivity index (χ0v) is 17.7. The molecule has 0 radical (unpaired) electrons. The molecule has 31 heavy (non-hydrogen) atoms. The molecule has 3 aromatic carbocycles. The van der Waals surface area contributed by atoms with Gasteiger partial charge < -0.3 is 19.9 Å². The van der Waals surface area contributed by atoms with Crippen LogP contribution in [0.3, 0.4) is 0 Å². The lowest BCUT2D eigenvalue weighted by molar-refractivity contribution is -0.139. The molecular weight excluding hydrogens is 418 g/mol. The Morgan fingerprint density at radius 2 is 1.77 bits per heavy atom. The number of nitrogens with one attached hydrogen (secondary N) is 1. The Morgan fingerprint density at radius 1 is 1.00 bits per heavy atom. The predicted octanol–water partition coefficient (Wildman–Crippen LogP) is 4.63. The van der Waals surface area contributed by atoms with Gasteiger partial charge in [-0.2, -0.15) is 0 Å². The van der Waals surface area contributed by atoms with E-state index in [1.54, 1.807) is 18.2 Å². The van der Waals surface area contributed by atoms with E-state index < -0.39 is 11.9 Å². The number of benzene rings is 3. The van der Waals surface area contributed by atoms with Crippen molar-refractivity contribution in [1.29, 1.82) is 0 Å². The van der Waals surface area contributed by atoms with E-state index in [4.69, 9.17) is 21.1 Å². The summed E-state index contributed by atoms with van der Waals surface area (Å²) < 4.78 is 10.6. The lowest BCUT2D eigenvalue weighted by atomic mass is 10.1. The summed E-state index contributed by atoms with van der Waals surface area (Å²) in [5.74, 6) is -0.704. The van der Waals surface area contributed by atoms with Crippen LogP contribution in [0.25, 0.3) is 0 Å². The summed E-state index contributed by atoms with van der Waals surface area (Å²) in [5, 5.41) is 13.1. The zero-order valence-electron chi connectivity index (χ0n) is 16.9. The van der Waals surface area contributed by atoms with Gasteiger partial charge in [-0.3, -0.25) is 9.59 Å². The molecular formula is C24H22ClNO5. The average molecular weight is 440 g/mol. The van der Waals surface area contributed by atoms with E-state index in [9.17, 15) is 14.7 Å². The highest BCUT2D eigenvalue weighted by atomic mass is 35.5. The van der Waals surface area contributed by atoms with Gasteiger partial charge in [0.1, 0.15) is 11.5 Å². The Bertz CT molecular complexity index is 1070. The number of esters is 1. The normalized spacial score (nSPS) is 10.4. The molecule has 0 heterocycles. The van der Waals surface area contributed by atoms with E-state index in [1.807, 2.05) is 30.3 Å². The topological polar surface area (TPSA) is 84.9 Å². The molecule has 0 unspecified atom stereocenters. The number of halogens is 1. The fourth-order valence-corrected chi connectivity index (χ4v) is 3.12. The second-order valence-corrected chi connectivity index (χ2v) is 7.22. The molecule has 1 amide bonds. The van der Waals surface area contributed by atoms with Crippen molar-refractivity contribution in [1.82, 2.24) is 0 Å². The van der Waals surface area contributed by atoms with E-state index >= 15 is 0 Å². The van der Waals surface area contributed by atoms with Crippen LogP contribution in [0.4, 0.5) is 5.69 Å². The largest absolute Gasteiger partial charge is 0.507 e. The van der Waals surface area contributed by atoms with Gasteiger partial charge in [0, 0.05) is 11.4 Å². The number of phenols is 1. The van der Waals surface area contributed by atoms with E-state index in [0.717, 1.165) is 5.56 Å². The third-order valence-corrected chi connectivity index (χ3v) is 4.80. The highest BCUT2D eigenvalue weighted by molar-refractivity contribution is 6.31. The summed E-state index contributed by atoms with van der Waals surface area (Å²) in [6, 6.07) is 19.2. The summed E-state index contributed by atoms with van der Waals surface area (Å²) in [6.45, 7) is 0.394. The molecule has 0 saturated heterocycles. The summed E-state index contributed by atoms with van der Waals surface area (Å²) >= 11 is 5.95. The molecule has 0 aliphatic carbocycles. The van der Waals surface area contributed by atoms with Gasteiger partial charge in [0.05, 0.1) is 31.4 Å². The van der Waals surface area contributed by atoms with Crippen LogP contribution in [-0.2, 0) is 22.4 Å². The van der Waals surface area contributed by atoms with Crippen LogP contribution in [0.2, 0.25) is 5.02 Å². The molecule has 0 aromatic heterocycles. The quantitative estimate of drug-likeness (QED) is 0.500. The SMILES string of the molecule is COC(=O)Cc1ccc(OCCc2ccccc2)c(NC(=O)c2cc(Cl)ccc2O)c1. The van der Waals surface area contributed by atoms with E-state index in [2.05, 4.69) is 5.32 Å². The number of ether oxygens (including phenoxy) is 2. The molecule has 3 rings (SSSR count). The van der Waals surface area contributed by atoms with Gasteiger partial charge in [0.25, 0.3) is 5.91 Å². The van der Waals surface area contributed by atoms with Crippen molar-refractivity contribution in [3.05, 3.63) is 88.4 Å². The first-order valence-electron chi connectivity index (χ1n) is 9.62. The number of hydrogen-bond acceptors (Lipinski definition) is 5. The molecule has 0 atom stereocenters. The number of phenolic OH excluding ortho intramolecular Hbond substituents is 1. The van der Waals surface area contributed by atoms with Crippen molar-refractivity contribution in [3.63, 3.8) is 0 Å². The number of methoxy groups -OCH3 is 1. The lowest BCUT2D eigenvalue weighted by Crippen LogP contribution is -2.14. The molecule has 0 bridgehead atoms. The molecule has 3 aromatic rings. The van der Waals surface area contributed by atoms with Crippen LogP contribution in [0.5, 0.6) is 11.5 Å². The standard InChI is InChI=1S/C24H22ClNO5/c1-30-23(28)14-17-7-10-22(31-12-11-16-5-3-2-4-6-16)20(13-17)26-24(29)19-15-18(25)8-9-21(19)27/h2-10,13,15,27H,11-12,14H2,1H3,(H,26,29). The first-order valence-corrected chi connectivity index (χ1v) is 10.0. The molecule has 2 N–H and O–H groups in total. The van der Waals surface area contributed by atoms with Crippen LogP contribution < -0.4 is 10.1 Å². The van der Waals surface area contributed by atoms with Gasteiger partial charge in [-0.05, 0) is 41.5 Å². The monoisotopic (exact) mass is 439 g/mol.